The van der Waals surface area contributed by atoms with Crippen LogP contribution < -0.4 is 9.46 Å². The molecule has 166 valence electrons. The molecule has 1 amide bonds. The fourth-order valence-corrected chi connectivity index (χ4v) is 5.44. The molecule has 2 aromatic carbocycles. The van der Waals surface area contributed by atoms with Crippen molar-refractivity contribution in [3.05, 3.63) is 54.1 Å². The molecule has 0 aromatic heterocycles. The van der Waals surface area contributed by atoms with Crippen molar-refractivity contribution in [3.8, 4) is 16.9 Å². The highest BCUT2D eigenvalue weighted by atomic mass is 32.2. The number of hydrogen-bond donors (Lipinski definition) is 1. The average Bonchev–Trinajstić information content (AvgIpc) is 3.57. The van der Waals surface area contributed by atoms with Crippen LogP contribution in [0.25, 0.3) is 11.1 Å². The van der Waals surface area contributed by atoms with Gasteiger partial charge in [0.05, 0.1) is 13.4 Å². The summed E-state index contributed by atoms with van der Waals surface area (Å²) in [5.41, 5.74) is 3.39. The monoisotopic (exact) mass is 442 g/mol. The summed E-state index contributed by atoms with van der Waals surface area (Å²) in [6.07, 6.45) is 4.59. The second-order valence-corrected chi connectivity index (χ2v) is 10.4. The summed E-state index contributed by atoms with van der Waals surface area (Å²) in [6, 6.07) is 16.0. The van der Waals surface area contributed by atoms with Crippen LogP contribution in [0.3, 0.4) is 0 Å². The van der Waals surface area contributed by atoms with E-state index in [-0.39, 0.29) is 23.8 Å². The molecule has 0 bridgehead atoms. The van der Waals surface area contributed by atoms with Crippen molar-refractivity contribution in [2.24, 2.45) is 5.92 Å². The molecule has 31 heavy (non-hydrogen) atoms. The molecule has 1 N–H and O–H groups in total. The molecule has 2 aliphatic rings. The van der Waals surface area contributed by atoms with Crippen LogP contribution in [0.2, 0.25) is 0 Å². The van der Waals surface area contributed by atoms with Gasteiger partial charge in [-0.25, -0.2) is 13.1 Å². The first kappa shape index (κ1) is 21.8. The normalized spacial score (nSPS) is 23.8. The summed E-state index contributed by atoms with van der Waals surface area (Å²) >= 11 is 0. The van der Waals surface area contributed by atoms with Crippen LogP contribution in [0.5, 0.6) is 5.75 Å². The van der Waals surface area contributed by atoms with Gasteiger partial charge < -0.3 is 9.64 Å². The summed E-state index contributed by atoms with van der Waals surface area (Å²) in [5, 5.41) is 0. The first-order chi connectivity index (χ1) is 14.9. The van der Waals surface area contributed by atoms with E-state index >= 15 is 0 Å². The van der Waals surface area contributed by atoms with Crippen molar-refractivity contribution in [2.75, 3.05) is 26.5 Å². The van der Waals surface area contributed by atoms with Crippen LogP contribution in [0.1, 0.15) is 37.2 Å². The fourth-order valence-electron chi connectivity index (χ4n) is 4.64. The van der Waals surface area contributed by atoms with Gasteiger partial charge in [0, 0.05) is 25.0 Å². The van der Waals surface area contributed by atoms with Gasteiger partial charge in [-0.05, 0) is 54.0 Å². The Labute approximate surface area is 184 Å². The van der Waals surface area contributed by atoms with Crippen molar-refractivity contribution < 1.29 is 17.9 Å². The maximum atomic E-state index is 13.3. The Bertz CT molecular complexity index is 1040. The Kier molecular flexibility index (Phi) is 6.34. The molecule has 1 saturated carbocycles. The second kappa shape index (κ2) is 9.01. The number of rotatable bonds is 6. The number of methoxy groups -OCH3 is 1. The van der Waals surface area contributed by atoms with E-state index in [2.05, 4.69) is 22.9 Å². The van der Waals surface area contributed by atoms with Gasteiger partial charge in [-0.3, -0.25) is 4.79 Å². The van der Waals surface area contributed by atoms with Crippen LogP contribution in [0.15, 0.2) is 48.5 Å². The zero-order valence-corrected chi connectivity index (χ0v) is 18.9. The number of nitrogens with zero attached hydrogens (tertiary/aromatic N) is 1. The highest BCUT2D eigenvalue weighted by Crippen LogP contribution is 2.51. The Balaban J connectivity index is 1.52. The SMILES string of the molecule is COc1ccc([C@@H]2C[C@H]2C(=O)N2CCCC[C@@H](NS(C)(=O)=O)C2)c(-c2ccccc2)c1. The molecule has 0 spiro atoms. The highest BCUT2D eigenvalue weighted by molar-refractivity contribution is 7.88. The molecule has 1 saturated heterocycles. The highest BCUT2D eigenvalue weighted by Gasteiger charge is 2.47. The molecule has 3 atom stereocenters. The van der Waals surface area contributed by atoms with Crippen LogP contribution >= 0.6 is 0 Å². The topological polar surface area (TPSA) is 75.7 Å². The first-order valence-corrected chi connectivity index (χ1v) is 12.7. The van der Waals surface area contributed by atoms with E-state index < -0.39 is 10.0 Å². The maximum Gasteiger partial charge on any atom is 0.226 e. The third kappa shape index (κ3) is 5.28. The van der Waals surface area contributed by atoms with Crippen molar-refractivity contribution in [1.29, 1.82) is 0 Å². The van der Waals surface area contributed by atoms with Crippen LogP contribution in [-0.2, 0) is 14.8 Å². The van der Waals surface area contributed by atoms with Gasteiger partial charge in [-0.15, -0.1) is 0 Å². The number of amides is 1. The van der Waals surface area contributed by atoms with E-state index in [9.17, 15) is 13.2 Å². The smallest absolute Gasteiger partial charge is 0.226 e. The molecule has 1 aliphatic heterocycles. The lowest BCUT2D eigenvalue weighted by molar-refractivity contribution is -0.132. The number of ether oxygens (including phenoxy) is 1. The molecule has 0 unspecified atom stereocenters. The maximum absolute atomic E-state index is 13.3. The van der Waals surface area contributed by atoms with E-state index in [0.29, 0.717) is 13.1 Å². The Morgan fingerprint density at radius 1 is 1.13 bits per heavy atom. The first-order valence-electron chi connectivity index (χ1n) is 10.8. The number of benzene rings is 2. The van der Waals surface area contributed by atoms with Crippen LogP contribution in [-0.4, -0.2) is 51.7 Å². The number of carbonyl (C=O) groups excluding carboxylic acids is 1. The number of likely N-dealkylation sites (tertiary alicyclic amines) is 1. The van der Waals surface area contributed by atoms with Gasteiger partial charge in [-0.2, -0.15) is 0 Å². The van der Waals surface area contributed by atoms with E-state index in [0.717, 1.165) is 42.6 Å². The third-order valence-corrected chi connectivity index (χ3v) is 6.98. The van der Waals surface area contributed by atoms with Gasteiger partial charge in [0.15, 0.2) is 0 Å². The lowest BCUT2D eigenvalue weighted by atomic mass is 9.95. The number of hydrogen-bond acceptors (Lipinski definition) is 4. The number of carbonyl (C=O) groups is 1. The predicted octanol–water partition coefficient (Wildman–Crippen LogP) is 3.40. The molecule has 7 heteroatoms. The van der Waals surface area contributed by atoms with E-state index in [1.807, 2.05) is 35.2 Å². The van der Waals surface area contributed by atoms with Crippen LogP contribution in [0, 0.1) is 5.92 Å². The molecule has 0 radical (unpaired) electrons. The van der Waals surface area contributed by atoms with Gasteiger partial charge in [0.25, 0.3) is 0 Å². The Morgan fingerprint density at radius 3 is 2.61 bits per heavy atom. The molecule has 2 fully saturated rings. The van der Waals surface area contributed by atoms with E-state index in [1.54, 1.807) is 7.11 Å². The van der Waals surface area contributed by atoms with Crippen molar-refractivity contribution in [2.45, 2.75) is 37.6 Å². The predicted molar refractivity (Wildman–Crippen MR) is 121 cm³/mol. The lowest BCUT2D eigenvalue weighted by Gasteiger charge is -2.25. The summed E-state index contributed by atoms with van der Waals surface area (Å²) in [7, 11) is -1.63. The molecule has 6 nitrogen and oxygen atoms in total. The minimum absolute atomic E-state index is 0.0483. The summed E-state index contributed by atoms with van der Waals surface area (Å²) < 4.78 is 31.5. The summed E-state index contributed by atoms with van der Waals surface area (Å²) in [4.78, 5) is 15.2. The standard InChI is InChI=1S/C24H30N2O4S/c1-30-19-11-12-20(21(14-19)17-8-4-3-5-9-17)22-15-23(22)24(27)26-13-7-6-10-18(16-26)25-31(2,28)29/h3-5,8-9,11-12,14,18,22-23,25H,6-7,10,13,15-16H2,1-2H3/t18-,22+,23-/m1/s1. The summed E-state index contributed by atoms with van der Waals surface area (Å²) in [6.45, 7) is 1.14. The molecule has 4 rings (SSSR count). The van der Waals surface area contributed by atoms with Crippen LogP contribution in [0.4, 0.5) is 0 Å². The molecular weight excluding hydrogens is 412 g/mol. The molecule has 1 aliphatic carbocycles. The average molecular weight is 443 g/mol. The van der Waals surface area contributed by atoms with E-state index in [4.69, 9.17) is 4.74 Å². The van der Waals surface area contributed by atoms with Gasteiger partial charge in [0.1, 0.15) is 5.75 Å². The molecule has 2 aromatic rings. The van der Waals surface area contributed by atoms with Crippen molar-refractivity contribution in [1.82, 2.24) is 9.62 Å². The zero-order chi connectivity index (χ0) is 22.0. The van der Waals surface area contributed by atoms with Crippen molar-refractivity contribution >= 4 is 15.9 Å². The van der Waals surface area contributed by atoms with Gasteiger partial charge in [0.2, 0.25) is 15.9 Å². The fraction of sp³-hybridized carbons (Fsp3) is 0.458. The number of sulfonamides is 1. The second-order valence-electron chi connectivity index (χ2n) is 8.63. The Hall–Kier alpha value is -2.38. The number of nitrogens with one attached hydrogen (secondary N) is 1. The van der Waals surface area contributed by atoms with Gasteiger partial charge >= 0.3 is 0 Å². The minimum atomic E-state index is -3.29. The summed E-state index contributed by atoms with van der Waals surface area (Å²) in [5.74, 6) is 1.07. The lowest BCUT2D eigenvalue weighted by Crippen LogP contribution is -2.44. The Morgan fingerprint density at radius 2 is 1.90 bits per heavy atom. The van der Waals surface area contributed by atoms with Gasteiger partial charge in [-0.1, -0.05) is 42.8 Å². The molecule has 1 heterocycles. The zero-order valence-electron chi connectivity index (χ0n) is 18.1. The minimum Gasteiger partial charge on any atom is -0.497 e. The van der Waals surface area contributed by atoms with Crippen molar-refractivity contribution in [3.63, 3.8) is 0 Å². The largest absolute Gasteiger partial charge is 0.497 e. The molecular formula is C24H30N2O4S. The quantitative estimate of drug-likeness (QED) is 0.744. The van der Waals surface area contributed by atoms with E-state index in [1.165, 1.54) is 11.8 Å². The third-order valence-electron chi connectivity index (χ3n) is 6.22.